The molecule has 1 atom stereocenters. The molecule has 2 heterocycles. The van der Waals surface area contributed by atoms with E-state index in [4.69, 9.17) is 0 Å². The van der Waals surface area contributed by atoms with E-state index in [9.17, 15) is 14.0 Å². The van der Waals surface area contributed by atoms with E-state index >= 15 is 0 Å². The van der Waals surface area contributed by atoms with Crippen molar-refractivity contribution >= 4 is 17.6 Å². The fraction of sp³-hybridized carbons (Fsp3) is 0.478. The molecule has 31 heavy (non-hydrogen) atoms. The Labute approximate surface area is 182 Å². The van der Waals surface area contributed by atoms with E-state index in [2.05, 4.69) is 15.3 Å². The Morgan fingerprint density at radius 2 is 2.03 bits per heavy atom. The molecule has 0 aliphatic carbocycles. The second kappa shape index (κ2) is 8.99. The molecule has 2 aromatic rings. The standard InChI is InChI=1S/C23H30FN5O2/c1-15(30)29-11-7-10-19(29)21-26-18(13-20(25-4)27-21)14-28(5)22(31)23(2,3)16-8-6-9-17(24)12-16/h6,8-9,12-13,19H,7,10-11,14H2,1-5H3,(H,25,26,27). The Bertz CT molecular complexity index is 978. The van der Waals surface area contributed by atoms with Gasteiger partial charge in [-0.3, -0.25) is 9.59 Å². The van der Waals surface area contributed by atoms with Crippen LogP contribution in [-0.4, -0.2) is 52.2 Å². The van der Waals surface area contributed by atoms with Gasteiger partial charge in [-0.2, -0.15) is 0 Å². The second-order valence-electron chi connectivity index (χ2n) is 8.52. The Morgan fingerprint density at radius 3 is 2.68 bits per heavy atom. The third kappa shape index (κ3) is 4.84. The van der Waals surface area contributed by atoms with Crippen LogP contribution in [0.3, 0.4) is 0 Å². The van der Waals surface area contributed by atoms with Gasteiger partial charge in [0.25, 0.3) is 0 Å². The lowest BCUT2D eigenvalue weighted by Gasteiger charge is -2.30. The van der Waals surface area contributed by atoms with E-state index in [-0.39, 0.29) is 30.2 Å². The van der Waals surface area contributed by atoms with Crippen LogP contribution in [0, 0.1) is 5.82 Å². The van der Waals surface area contributed by atoms with Crippen LogP contribution in [0.4, 0.5) is 10.2 Å². The highest BCUT2D eigenvalue weighted by Gasteiger charge is 2.34. The Hall–Kier alpha value is -3.03. The zero-order chi connectivity index (χ0) is 22.8. The molecule has 1 fully saturated rings. The van der Waals surface area contributed by atoms with Gasteiger partial charge in [-0.15, -0.1) is 0 Å². The Kier molecular flexibility index (Phi) is 6.57. The summed E-state index contributed by atoms with van der Waals surface area (Å²) < 4.78 is 13.7. The predicted molar refractivity (Wildman–Crippen MR) is 117 cm³/mol. The van der Waals surface area contributed by atoms with Gasteiger partial charge in [-0.05, 0) is 44.4 Å². The summed E-state index contributed by atoms with van der Waals surface area (Å²) in [6.07, 6.45) is 1.72. The summed E-state index contributed by atoms with van der Waals surface area (Å²) in [5.41, 5.74) is 0.400. The van der Waals surface area contributed by atoms with Gasteiger partial charge in [0, 0.05) is 33.6 Å². The van der Waals surface area contributed by atoms with E-state index in [0.29, 0.717) is 29.4 Å². The molecule has 1 saturated heterocycles. The largest absolute Gasteiger partial charge is 0.373 e. The molecule has 1 aromatic carbocycles. The summed E-state index contributed by atoms with van der Waals surface area (Å²) in [7, 11) is 3.48. The van der Waals surface area contributed by atoms with Crippen molar-refractivity contribution in [2.24, 2.45) is 0 Å². The van der Waals surface area contributed by atoms with Crippen LogP contribution in [0.15, 0.2) is 30.3 Å². The van der Waals surface area contributed by atoms with Crippen LogP contribution in [0.2, 0.25) is 0 Å². The van der Waals surface area contributed by atoms with Crippen molar-refractivity contribution in [2.45, 2.75) is 51.6 Å². The number of amides is 2. The molecule has 2 amide bonds. The first kappa shape index (κ1) is 22.7. The highest BCUT2D eigenvalue weighted by atomic mass is 19.1. The molecule has 1 unspecified atom stereocenters. The number of carbonyl (C=O) groups excluding carboxylic acids is 2. The van der Waals surface area contributed by atoms with Crippen LogP contribution in [0.1, 0.15) is 56.7 Å². The highest BCUT2D eigenvalue weighted by molar-refractivity contribution is 5.87. The van der Waals surface area contributed by atoms with Crippen LogP contribution in [0.25, 0.3) is 0 Å². The van der Waals surface area contributed by atoms with Crippen molar-refractivity contribution < 1.29 is 14.0 Å². The fourth-order valence-electron chi connectivity index (χ4n) is 4.08. The number of hydrogen-bond donors (Lipinski definition) is 1. The van der Waals surface area contributed by atoms with Gasteiger partial charge in [-0.1, -0.05) is 12.1 Å². The van der Waals surface area contributed by atoms with Gasteiger partial charge in [0.05, 0.1) is 23.7 Å². The maximum atomic E-state index is 13.7. The molecule has 166 valence electrons. The third-order valence-electron chi connectivity index (χ3n) is 5.83. The summed E-state index contributed by atoms with van der Waals surface area (Å²) in [5.74, 6) is 0.717. The number of carbonyl (C=O) groups is 2. The normalized spacial score (nSPS) is 16.3. The molecular weight excluding hydrogens is 397 g/mol. The average Bonchev–Trinajstić information content (AvgIpc) is 3.23. The van der Waals surface area contributed by atoms with Gasteiger partial charge in [0.1, 0.15) is 11.6 Å². The number of hydrogen-bond acceptors (Lipinski definition) is 5. The minimum Gasteiger partial charge on any atom is -0.373 e. The van der Waals surface area contributed by atoms with Crippen molar-refractivity contribution in [3.63, 3.8) is 0 Å². The molecule has 0 radical (unpaired) electrons. The Balaban J connectivity index is 1.84. The molecule has 1 aliphatic heterocycles. The quantitative estimate of drug-likeness (QED) is 0.766. The first-order chi connectivity index (χ1) is 14.6. The van der Waals surface area contributed by atoms with E-state index in [0.717, 1.165) is 12.8 Å². The SMILES string of the molecule is CNc1cc(CN(C)C(=O)C(C)(C)c2cccc(F)c2)nc(C2CCCN2C(C)=O)n1. The van der Waals surface area contributed by atoms with E-state index in [1.54, 1.807) is 62.9 Å². The Morgan fingerprint density at radius 1 is 1.29 bits per heavy atom. The zero-order valence-corrected chi connectivity index (χ0v) is 18.8. The number of likely N-dealkylation sites (N-methyl/N-ethyl adjacent to an activating group) is 1. The van der Waals surface area contributed by atoms with Gasteiger partial charge in [0.15, 0.2) is 5.82 Å². The van der Waals surface area contributed by atoms with Gasteiger partial charge in [-0.25, -0.2) is 14.4 Å². The van der Waals surface area contributed by atoms with E-state index in [1.165, 1.54) is 12.1 Å². The lowest BCUT2D eigenvalue weighted by molar-refractivity contribution is -0.135. The van der Waals surface area contributed by atoms with Crippen molar-refractivity contribution in [2.75, 3.05) is 26.0 Å². The molecule has 8 heteroatoms. The van der Waals surface area contributed by atoms with Crippen molar-refractivity contribution in [1.82, 2.24) is 19.8 Å². The summed E-state index contributed by atoms with van der Waals surface area (Å²) in [5, 5.41) is 3.04. The number of nitrogens with one attached hydrogen (secondary N) is 1. The van der Waals surface area contributed by atoms with Crippen LogP contribution >= 0.6 is 0 Å². The first-order valence-corrected chi connectivity index (χ1v) is 10.5. The molecule has 3 rings (SSSR count). The lowest BCUT2D eigenvalue weighted by Crippen LogP contribution is -2.41. The number of benzene rings is 1. The molecule has 0 spiro atoms. The van der Waals surface area contributed by atoms with Crippen LogP contribution in [-0.2, 0) is 21.5 Å². The predicted octanol–water partition coefficient (Wildman–Crippen LogP) is 3.28. The van der Waals surface area contributed by atoms with Crippen LogP contribution < -0.4 is 5.32 Å². The third-order valence-corrected chi connectivity index (χ3v) is 5.83. The summed E-state index contributed by atoms with van der Waals surface area (Å²) in [6, 6.07) is 7.77. The van der Waals surface area contributed by atoms with Crippen molar-refractivity contribution in [3.8, 4) is 0 Å². The summed E-state index contributed by atoms with van der Waals surface area (Å²) >= 11 is 0. The molecule has 1 aliphatic rings. The molecule has 7 nitrogen and oxygen atoms in total. The topological polar surface area (TPSA) is 78.4 Å². The maximum absolute atomic E-state index is 13.7. The smallest absolute Gasteiger partial charge is 0.232 e. The second-order valence-corrected chi connectivity index (χ2v) is 8.52. The van der Waals surface area contributed by atoms with Gasteiger partial charge < -0.3 is 15.1 Å². The number of aromatic nitrogens is 2. The first-order valence-electron chi connectivity index (χ1n) is 10.5. The van der Waals surface area contributed by atoms with Crippen LogP contribution in [0.5, 0.6) is 0 Å². The van der Waals surface area contributed by atoms with Gasteiger partial charge in [0.2, 0.25) is 11.8 Å². The molecule has 1 aromatic heterocycles. The van der Waals surface area contributed by atoms with Crippen molar-refractivity contribution in [3.05, 3.63) is 53.2 Å². The molecule has 1 N–H and O–H groups in total. The summed E-state index contributed by atoms with van der Waals surface area (Å²) in [4.78, 5) is 37.8. The number of halogens is 1. The zero-order valence-electron chi connectivity index (χ0n) is 18.8. The number of rotatable bonds is 6. The minimum atomic E-state index is -0.893. The molecular formula is C23H30FN5O2. The molecule has 0 bridgehead atoms. The number of nitrogens with zero attached hydrogens (tertiary/aromatic N) is 4. The number of anilines is 1. The number of likely N-dealkylation sites (tertiary alicyclic amines) is 1. The summed E-state index contributed by atoms with van der Waals surface area (Å²) in [6.45, 7) is 6.10. The maximum Gasteiger partial charge on any atom is 0.232 e. The minimum absolute atomic E-state index is 0.00616. The average molecular weight is 428 g/mol. The highest BCUT2D eigenvalue weighted by Crippen LogP contribution is 2.31. The van der Waals surface area contributed by atoms with Gasteiger partial charge >= 0.3 is 0 Å². The lowest BCUT2D eigenvalue weighted by atomic mass is 9.83. The monoisotopic (exact) mass is 427 g/mol. The molecule has 0 saturated carbocycles. The fourth-order valence-corrected chi connectivity index (χ4v) is 4.08. The van der Waals surface area contributed by atoms with E-state index in [1.807, 2.05) is 0 Å². The van der Waals surface area contributed by atoms with E-state index < -0.39 is 5.41 Å². The van der Waals surface area contributed by atoms with Crippen molar-refractivity contribution in [1.29, 1.82) is 0 Å².